The Morgan fingerprint density at radius 3 is 2.49 bits per heavy atom. The Bertz CT molecular complexity index is 1370. The number of allylic oxidation sites excluding steroid dienone is 1. The van der Waals surface area contributed by atoms with Gasteiger partial charge in [0, 0.05) is 6.04 Å². The summed E-state index contributed by atoms with van der Waals surface area (Å²) in [6.07, 6.45) is 9.85. The van der Waals surface area contributed by atoms with Crippen molar-refractivity contribution in [2.75, 3.05) is 6.61 Å². The Balaban J connectivity index is 1.30. The maximum atomic E-state index is 14.0. The fourth-order valence-electron chi connectivity index (χ4n) is 7.78. The minimum atomic E-state index is -0.994. The SMILES string of the molecule is CC/C(=C\c1ccc(O)cc1)CC[C@H]1OB(O)C[C@H]2C1=C(COc1ccccc1)C[C@H]1C(=O)N(C3CCCCC3)C(=O)[C@H]12. The lowest BCUT2D eigenvalue weighted by Crippen LogP contribution is -2.47. The van der Waals surface area contributed by atoms with E-state index in [1.165, 1.54) is 5.57 Å². The molecule has 0 unspecified atom stereocenters. The van der Waals surface area contributed by atoms with Crippen LogP contribution in [-0.4, -0.2) is 52.7 Å². The van der Waals surface area contributed by atoms with Crippen LogP contribution in [0.1, 0.15) is 70.3 Å². The number of benzene rings is 2. The average Bonchev–Trinajstić information content (AvgIpc) is 3.28. The highest BCUT2D eigenvalue weighted by Crippen LogP contribution is 2.51. The maximum absolute atomic E-state index is 14.0. The number of aromatic hydroxyl groups is 1. The number of hydrogen-bond donors (Lipinski definition) is 2. The molecule has 2 N–H and O–H groups in total. The largest absolute Gasteiger partial charge is 0.508 e. The van der Waals surface area contributed by atoms with Crippen molar-refractivity contribution in [3.8, 4) is 11.5 Å². The van der Waals surface area contributed by atoms with E-state index in [4.69, 9.17) is 9.39 Å². The van der Waals surface area contributed by atoms with E-state index in [1.807, 2.05) is 42.5 Å². The molecule has 2 aliphatic heterocycles. The summed E-state index contributed by atoms with van der Waals surface area (Å²) in [4.78, 5) is 29.5. The van der Waals surface area contributed by atoms with Crippen LogP contribution in [-0.2, 0) is 14.2 Å². The summed E-state index contributed by atoms with van der Waals surface area (Å²) < 4.78 is 12.5. The number of carbonyl (C=O) groups excluding carboxylic acids is 2. The number of ether oxygens (including phenoxy) is 1. The van der Waals surface area contributed by atoms with Gasteiger partial charge in [0.15, 0.2) is 0 Å². The van der Waals surface area contributed by atoms with Gasteiger partial charge in [-0.2, -0.15) is 0 Å². The normalized spacial score (nSPS) is 26.5. The molecule has 0 aromatic heterocycles. The molecule has 1 saturated carbocycles. The lowest BCUT2D eigenvalue weighted by atomic mass is 9.58. The summed E-state index contributed by atoms with van der Waals surface area (Å²) >= 11 is 0. The minimum Gasteiger partial charge on any atom is -0.508 e. The van der Waals surface area contributed by atoms with Crippen molar-refractivity contribution in [3.63, 3.8) is 0 Å². The van der Waals surface area contributed by atoms with Gasteiger partial charge in [-0.15, -0.1) is 0 Å². The first-order valence-corrected chi connectivity index (χ1v) is 16.0. The molecular formula is C35H42BNO6. The Morgan fingerprint density at radius 1 is 1.02 bits per heavy atom. The van der Waals surface area contributed by atoms with Crippen LogP contribution >= 0.6 is 0 Å². The van der Waals surface area contributed by atoms with Gasteiger partial charge < -0.3 is 19.5 Å². The number of amides is 2. The lowest BCUT2D eigenvalue weighted by Gasteiger charge is -2.43. The van der Waals surface area contributed by atoms with Gasteiger partial charge >= 0.3 is 7.12 Å². The second-order valence-electron chi connectivity index (χ2n) is 12.5. The quantitative estimate of drug-likeness (QED) is 0.208. The number of nitrogens with zero attached hydrogens (tertiary/aromatic N) is 1. The third kappa shape index (κ3) is 6.32. The van der Waals surface area contributed by atoms with E-state index in [0.717, 1.165) is 67.4 Å². The monoisotopic (exact) mass is 583 g/mol. The molecule has 2 saturated heterocycles. The summed E-state index contributed by atoms with van der Waals surface area (Å²) in [7, 11) is -0.994. The third-order valence-corrected chi connectivity index (χ3v) is 9.88. The summed E-state index contributed by atoms with van der Waals surface area (Å²) in [5.41, 5.74) is 4.33. The van der Waals surface area contributed by atoms with Crippen LogP contribution in [0.15, 0.2) is 71.3 Å². The van der Waals surface area contributed by atoms with Crippen molar-refractivity contribution >= 4 is 25.0 Å². The molecule has 7 nitrogen and oxygen atoms in total. The topological polar surface area (TPSA) is 96.3 Å². The van der Waals surface area contributed by atoms with Gasteiger partial charge in [0.1, 0.15) is 18.1 Å². The molecular weight excluding hydrogens is 541 g/mol. The van der Waals surface area contributed by atoms with Crippen molar-refractivity contribution in [3.05, 3.63) is 76.9 Å². The zero-order chi connectivity index (χ0) is 29.9. The standard InChI is InChI=1S/C35H42BNO6/c1-2-23(19-24-13-16-27(38)17-14-24)15-18-31-32-25(22-42-28-11-7-4-8-12-28)20-29-33(30(32)21-36(41)43-31)35(40)37(34(29)39)26-9-5-3-6-10-26/h4,7-8,11-14,16-17,19,26,29-31,33,38,41H,2-3,5-6,9-10,15,18,20-22H2,1H3/b23-19+/t29-,30+,31-,33-/m1/s1. The number of carbonyl (C=O) groups is 2. The highest BCUT2D eigenvalue weighted by molar-refractivity contribution is 6.43. The van der Waals surface area contributed by atoms with Gasteiger partial charge in [0.05, 0.1) is 17.9 Å². The van der Waals surface area contributed by atoms with E-state index in [2.05, 4.69) is 13.0 Å². The molecule has 3 fully saturated rings. The number of fused-ring (bicyclic) bond motifs is 3. The van der Waals surface area contributed by atoms with Crippen LogP contribution in [0.25, 0.3) is 6.08 Å². The third-order valence-electron chi connectivity index (χ3n) is 9.88. The summed E-state index contributed by atoms with van der Waals surface area (Å²) in [6.45, 7) is 2.45. The van der Waals surface area contributed by atoms with Gasteiger partial charge in [0.2, 0.25) is 11.8 Å². The van der Waals surface area contributed by atoms with Crippen LogP contribution in [0.2, 0.25) is 6.32 Å². The van der Waals surface area contributed by atoms with Crippen molar-refractivity contribution in [2.24, 2.45) is 17.8 Å². The number of rotatable bonds is 9. The smallest absolute Gasteiger partial charge is 0.455 e. The average molecular weight is 584 g/mol. The lowest BCUT2D eigenvalue weighted by molar-refractivity contribution is -0.143. The van der Waals surface area contributed by atoms with Crippen molar-refractivity contribution in [1.82, 2.24) is 4.90 Å². The van der Waals surface area contributed by atoms with E-state index in [1.54, 1.807) is 17.0 Å². The number of para-hydroxylation sites is 1. The molecule has 0 radical (unpaired) electrons. The number of likely N-dealkylation sites (tertiary alicyclic amines) is 1. The van der Waals surface area contributed by atoms with Gasteiger partial charge in [-0.3, -0.25) is 14.5 Å². The number of hydrogen-bond acceptors (Lipinski definition) is 6. The van der Waals surface area contributed by atoms with Crippen LogP contribution in [0.3, 0.4) is 0 Å². The molecule has 2 aromatic carbocycles. The van der Waals surface area contributed by atoms with E-state index >= 15 is 0 Å². The Hall–Kier alpha value is -3.36. The molecule has 0 bridgehead atoms. The Morgan fingerprint density at radius 2 is 1.77 bits per heavy atom. The Labute approximate surface area is 254 Å². The predicted molar refractivity (Wildman–Crippen MR) is 166 cm³/mol. The second-order valence-corrected chi connectivity index (χ2v) is 12.5. The molecule has 8 heteroatoms. The molecule has 2 aliphatic carbocycles. The van der Waals surface area contributed by atoms with Crippen LogP contribution < -0.4 is 4.74 Å². The fourth-order valence-corrected chi connectivity index (χ4v) is 7.78. The van der Waals surface area contributed by atoms with E-state index < -0.39 is 19.0 Å². The Kier molecular flexibility index (Phi) is 9.05. The van der Waals surface area contributed by atoms with Gasteiger partial charge in [0.25, 0.3) is 0 Å². The highest BCUT2D eigenvalue weighted by Gasteiger charge is 2.58. The zero-order valence-corrected chi connectivity index (χ0v) is 25.0. The summed E-state index contributed by atoms with van der Waals surface area (Å²) in [6, 6.07) is 16.8. The molecule has 2 amide bonds. The van der Waals surface area contributed by atoms with E-state index in [9.17, 15) is 19.7 Å². The van der Waals surface area contributed by atoms with E-state index in [-0.39, 0.29) is 35.6 Å². The maximum Gasteiger partial charge on any atom is 0.455 e. The van der Waals surface area contributed by atoms with Gasteiger partial charge in [-0.25, -0.2) is 0 Å². The summed E-state index contributed by atoms with van der Waals surface area (Å²) in [5.74, 6) is -0.222. The fraction of sp³-hybridized carbons (Fsp3) is 0.486. The molecule has 2 aromatic rings. The first-order chi connectivity index (χ1) is 20.9. The first-order valence-electron chi connectivity index (χ1n) is 16.0. The molecule has 43 heavy (non-hydrogen) atoms. The molecule has 4 aliphatic rings. The van der Waals surface area contributed by atoms with Crippen molar-refractivity contribution < 1.29 is 29.1 Å². The second kappa shape index (κ2) is 13.1. The van der Waals surface area contributed by atoms with Crippen molar-refractivity contribution in [2.45, 2.75) is 83.2 Å². The van der Waals surface area contributed by atoms with Crippen LogP contribution in [0.5, 0.6) is 11.5 Å². The minimum absolute atomic E-state index is 0.00970. The zero-order valence-electron chi connectivity index (χ0n) is 25.0. The number of phenolic OH excluding ortho intramolecular Hbond substituents is 1. The molecule has 226 valence electrons. The molecule has 6 rings (SSSR count). The predicted octanol–water partition coefficient (Wildman–Crippen LogP) is 6.17. The number of phenols is 1. The first kappa shape index (κ1) is 29.7. The molecule has 4 atom stereocenters. The molecule has 2 heterocycles. The molecule has 0 spiro atoms. The van der Waals surface area contributed by atoms with Gasteiger partial charge in [-0.05, 0) is 91.7 Å². The van der Waals surface area contributed by atoms with Gasteiger partial charge in [-0.1, -0.05) is 68.2 Å². The summed E-state index contributed by atoms with van der Waals surface area (Å²) in [5, 5.41) is 20.6. The highest BCUT2D eigenvalue weighted by atomic mass is 16.5. The number of imide groups is 1. The van der Waals surface area contributed by atoms with Crippen molar-refractivity contribution in [1.29, 1.82) is 0 Å². The van der Waals surface area contributed by atoms with Crippen LogP contribution in [0, 0.1) is 17.8 Å². The van der Waals surface area contributed by atoms with Crippen LogP contribution in [0.4, 0.5) is 0 Å². The van der Waals surface area contributed by atoms with E-state index in [0.29, 0.717) is 25.8 Å².